The Bertz CT molecular complexity index is 919. The largest absolute Gasteiger partial charge is 0.496 e. The molecule has 146 valence electrons. The first-order valence-electron chi connectivity index (χ1n) is 8.62. The molecule has 28 heavy (non-hydrogen) atoms. The number of rotatable bonds is 8. The van der Waals surface area contributed by atoms with E-state index in [0.29, 0.717) is 35.7 Å². The Labute approximate surface area is 161 Å². The third kappa shape index (κ3) is 4.10. The van der Waals surface area contributed by atoms with Crippen molar-refractivity contribution in [3.05, 3.63) is 41.2 Å². The van der Waals surface area contributed by atoms with Gasteiger partial charge in [-0.3, -0.25) is 9.69 Å². The van der Waals surface area contributed by atoms with Crippen LogP contribution < -0.4 is 10.1 Å². The first-order valence-corrected chi connectivity index (χ1v) is 8.62. The average molecular weight is 384 g/mol. The fourth-order valence-electron chi connectivity index (χ4n) is 2.92. The summed E-state index contributed by atoms with van der Waals surface area (Å²) in [5.74, 6) is 0.104. The van der Waals surface area contributed by atoms with Crippen molar-refractivity contribution < 1.29 is 19.1 Å². The van der Waals surface area contributed by atoms with Gasteiger partial charge in [-0.05, 0) is 12.1 Å². The molecule has 0 radical (unpaired) electrons. The summed E-state index contributed by atoms with van der Waals surface area (Å²) in [6.07, 6.45) is 1.98. The van der Waals surface area contributed by atoms with Crippen molar-refractivity contribution in [2.75, 3.05) is 20.8 Å². The lowest BCUT2D eigenvalue weighted by molar-refractivity contribution is -0.127. The molecule has 1 fully saturated rings. The number of nitriles is 1. The molecule has 1 N–H and O–H groups in total. The summed E-state index contributed by atoms with van der Waals surface area (Å²) in [4.78, 5) is 26.1. The highest BCUT2D eigenvalue weighted by atomic mass is 16.5. The number of ether oxygens (including phenoxy) is 2. The third-order valence-electron chi connectivity index (χ3n) is 4.38. The maximum atomic E-state index is 12.7. The number of aromatic nitrogens is 3. The van der Waals surface area contributed by atoms with Crippen LogP contribution in [0.4, 0.5) is 4.79 Å². The number of urea groups is 1. The number of benzene rings is 1. The van der Waals surface area contributed by atoms with Crippen LogP contribution in [0.25, 0.3) is 0 Å². The van der Waals surface area contributed by atoms with Crippen LogP contribution in [0, 0.1) is 11.3 Å². The molecule has 1 atom stereocenters. The molecule has 1 aliphatic rings. The van der Waals surface area contributed by atoms with Crippen LogP contribution in [0.15, 0.2) is 24.4 Å². The van der Waals surface area contributed by atoms with Crippen LogP contribution in [-0.2, 0) is 29.0 Å². The highest BCUT2D eigenvalue weighted by molar-refractivity contribution is 6.04. The molecule has 0 aliphatic carbocycles. The Hall–Kier alpha value is -3.45. The standard InChI is InChI=1S/C18H20N6O4/c1-27-6-5-23-11-14(21-22-23)8-15-17(25)24(18(26)20-15)10-13-4-3-12(9-19)7-16(13)28-2/h3-4,7,11,15H,5-6,8,10H2,1-2H3,(H,20,26)/t15-/m1/s1. The molecule has 10 nitrogen and oxygen atoms in total. The van der Waals surface area contributed by atoms with E-state index in [-0.39, 0.29) is 18.9 Å². The van der Waals surface area contributed by atoms with Crippen LogP contribution in [0.2, 0.25) is 0 Å². The van der Waals surface area contributed by atoms with Gasteiger partial charge in [-0.25, -0.2) is 9.48 Å². The number of carbonyl (C=O) groups excluding carboxylic acids is 2. The normalized spacial score (nSPS) is 16.2. The van der Waals surface area contributed by atoms with Crippen LogP contribution >= 0.6 is 0 Å². The van der Waals surface area contributed by atoms with Crippen LogP contribution in [0.3, 0.4) is 0 Å². The van der Waals surface area contributed by atoms with Gasteiger partial charge in [0.05, 0.1) is 44.1 Å². The number of amides is 3. The highest BCUT2D eigenvalue weighted by Crippen LogP contribution is 2.23. The quantitative estimate of drug-likeness (QED) is 0.656. The van der Waals surface area contributed by atoms with Crippen molar-refractivity contribution in [1.29, 1.82) is 5.26 Å². The Morgan fingerprint density at radius 1 is 1.32 bits per heavy atom. The maximum absolute atomic E-state index is 12.7. The molecule has 0 saturated carbocycles. The fraction of sp³-hybridized carbons (Fsp3) is 0.389. The Kier molecular flexibility index (Phi) is 5.86. The van der Waals surface area contributed by atoms with Gasteiger partial charge in [-0.2, -0.15) is 5.26 Å². The van der Waals surface area contributed by atoms with E-state index < -0.39 is 12.1 Å². The lowest BCUT2D eigenvalue weighted by Crippen LogP contribution is -2.32. The van der Waals surface area contributed by atoms with E-state index in [9.17, 15) is 9.59 Å². The minimum absolute atomic E-state index is 0.0522. The zero-order valence-electron chi connectivity index (χ0n) is 15.6. The van der Waals surface area contributed by atoms with E-state index >= 15 is 0 Å². The van der Waals surface area contributed by atoms with E-state index in [1.165, 1.54) is 7.11 Å². The molecule has 1 aromatic carbocycles. The van der Waals surface area contributed by atoms with Crippen LogP contribution in [0.1, 0.15) is 16.8 Å². The molecule has 10 heteroatoms. The summed E-state index contributed by atoms with van der Waals surface area (Å²) < 4.78 is 11.9. The number of hydrogen-bond donors (Lipinski definition) is 1. The van der Waals surface area contributed by atoms with E-state index in [1.54, 1.807) is 36.2 Å². The summed E-state index contributed by atoms with van der Waals surface area (Å²) in [7, 11) is 3.07. The summed E-state index contributed by atoms with van der Waals surface area (Å²) >= 11 is 0. The summed E-state index contributed by atoms with van der Waals surface area (Å²) in [6.45, 7) is 1.11. The van der Waals surface area contributed by atoms with Crippen LogP contribution in [0.5, 0.6) is 5.75 Å². The lowest BCUT2D eigenvalue weighted by atomic mass is 10.1. The van der Waals surface area contributed by atoms with Crippen molar-refractivity contribution in [2.45, 2.75) is 25.6 Å². The van der Waals surface area contributed by atoms with E-state index in [2.05, 4.69) is 15.6 Å². The second-order valence-electron chi connectivity index (χ2n) is 6.23. The molecule has 0 bridgehead atoms. The molecule has 3 rings (SSSR count). The zero-order valence-corrected chi connectivity index (χ0v) is 15.6. The SMILES string of the molecule is COCCn1cc(C[C@H]2NC(=O)N(Cc3ccc(C#N)cc3OC)C2=O)nn1. The van der Waals surface area contributed by atoms with E-state index in [0.717, 1.165) is 4.90 Å². The number of carbonyl (C=O) groups is 2. The van der Waals surface area contributed by atoms with Gasteiger partial charge in [0.1, 0.15) is 11.8 Å². The van der Waals surface area contributed by atoms with Gasteiger partial charge in [0.15, 0.2) is 0 Å². The summed E-state index contributed by atoms with van der Waals surface area (Å²) in [5.41, 5.74) is 1.68. The Morgan fingerprint density at radius 3 is 2.86 bits per heavy atom. The maximum Gasteiger partial charge on any atom is 0.325 e. The smallest absolute Gasteiger partial charge is 0.325 e. The molecular weight excluding hydrogens is 364 g/mol. The molecular formula is C18H20N6O4. The fourth-order valence-corrected chi connectivity index (χ4v) is 2.92. The molecule has 3 amide bonds. The minimum atomic E-state index is -0.704. The molecule has 1 saturated heterocycles. The van der Waals surface area contributed by atoms with Gasteiger partial charge in [0.2, 0.25) is 0 Å². The topological polar surface area (TPSA) is 122 Å². The lowest BCUT2D eigenvalue weighted by Gasteiger charge is -2.15. The minimum Gasteiger partial charge on any atom is -0.496 e. The molecule has 1 aliphatic heterocycles. The Morgan fingerprint density at radius 2 is 2.14 bits per heavy atom. The van der Waals surface area contributed by atoms with Gasteiger partial charge in [0.25, 0.3) is 5.91 Å². The third-order valence-corrected chi connectivity index (χ3v) is 4.38. The van der Waals surface area contributed by atoms with Gasteiger partial charge in [-0.15, -0.1) is 5.10 Å². The van der Waals surface area contributed by atoms with E-state index in [1.807, 2.05) is 6.07 Å². The number of nitrogens with one attached hydrogen (secondary N) is 1. The van der Waals surface area contributed by atoms with Gasteiger partial charge >= 0.3 is 6.03 Å². The van der Waals surface area contributed by atoms with E-state index in [4.69, 9.17) is 14.7 Å². The molecule has 2 heterocycles. The molecule has 0 spiro atoms. The predicted molar refractivity (Wildman–Crippen MR) is 96.2 cm³/mol. The monoisotopic (exact) mass is 384 g/mol. The van der Waals surface area contributed by atoms with Gasteiger partial charge < -0.3 is 14.8 Å². The summed E-state index contributed by atoms with van der Waals surface area (Å²) in [5, 5.41) is 19.7. The molecule has 1 aromatic heterocycles. The number of methoxy groups -OCH3 is 2. The molecule has 0 unspecified atom stereocenters. The van der Waals surface area contributed by atoms with Crippen molar-refractivity contribution >= 4 is 11.9 Å². The number of nitrogens with zero attached hydrogens (tertiary/aromatic N) is 5. The second kappa shape index (κ2) is 8.49. The van der Waals surface area contributed by atoms with Crippen molar-refractivity contribution in [3.63, 3.8) is 0 Å². The van der Waals surface area contributed by atoms with Crippen molar-refractivity contribution in [1.82, 2.24) is 25.2 Å². The van der Waals surface area contributed by atoms with Crippen molar-refractivity contribution in [2.24, 2.45) is 0 Å². The van der Waals surface area contributed by atoms with Gasteiger partial charge in [-0.1, -0.05) is 11.3 Å². The zero-order chi connectivity index (χ0) is 20.1. The predicted octanol–water partition coefficient (Wildman–Crippen LogP) is 0.468. The van der Waals surface area contributed by atoms with Crippen molar-refractivity contribution in [3.8, 4) is 11.8 Å². The number of imide groups is 1. The first-order chi connectivity index (χ1) is 13.5. The first kappa shape index (κ1) is 19.3. The number of hydrogen-bond acceptors (Lipinski definition) is 7. The second-order valence-corrected chi connectivity index (χ2v) is 6.23. The summed E-state index contributed by atoms with van der Waals surface area (Å²) in [6, 6.07) is 5.71. The van der Waals surface area contributed by atoms with Crippen LogP contribution in [-0.4, -0.2) is 58.7 Å². The average Bonchev–Trinajstić information content (AvgIpc) is 3.26. The Balaban J connectivity index is 1.68. The highest BCUT2D eigenvalue weighted by Gasteiger charge is 2.38. The van der Waals surface area contributed by atoms with Gasteiger partial charge in [0, 0.05) is 25.3 Å². The molecule has 2 aromatic rings.